The van der Waals surface area contributed by atoms with Crippen molar-refractivity contribution in [3.8, 4) is 5.75 Å². The molecule has 126 valence electrons. The molecule has 2 aromatic rings. The molecule has 1 aromatic heterocycles. The van der Waals surface area contributed by atoms with E-state index in [0.717, 1.165) is 11.3 Å². The van der Waals surface area contributed by atoms with E-state index in [4.69, 9.17) is 9.26 Å². The Morgan fingerprint density at radius 2 is 2.17 bits per heavy atom. The van der Waals surface area contributed by atoms with Crippen LogP contribution in [0.4, 0.5) is 5.82 Å². The summed E-state index contributed by atoms with van der Waals surface area (Å²) in [5.41, 5.74) is 0.970. The normalized spacial score (nSPS) is 17.2. The van der Waals surface area contributed by atoms with Gasteiger partial charge in [0.1, 0.15) is 11.5 Å². The Kier molecular flexibility index (Phi) is 4.50. The van der Waals surface area contributed by atoms with Crippen molar-refractivity contribution in [1.82, 2.24) is 10.5 Å². The lowest BCUT2D eigenvalue weighted by molar-refractivity contribution is -0.126. The van der Waals surface area contributed by atoms with Crippen molar-refractivity contribution in [2.24, 2.45) is 5.92 Å². The van der Waals surface area contributed by atoms with Crippen LogP contribution in [-0.4, -0.2) is 30.6 Å². The number of methoxy groups -OCH3 is 1. The number of ether oxygens (including phenoxy) is 1. The maximum absolute atomic E-state index is 12.3. The minimum atomic E-state index is -0.382. The molecule has 2 amide bonds. The summed E-state index contributed by atoms with van der Waals surface area (Å²) in [5.74, 6) is 1.22. The van der Waals surface area contributed by atoms with Gasteiger partial charge in [0, 0.05) is 25.6 Å². The van der Waals surface area contributed by atoms with Gasteiger partial charge in [-0.1, -0.05) is 17.3 Å². The summed E-state index contributed by atoms with van der Waals surface area (Å²) in [5, 5.41) is 6.71. The number of nitrogens with zero attached hydrogens (tertiary/aromatic N) is 2. The highest BCUT2D eigenvalue weighted by Gasteiger charge is 2.36. The fraction of sp³-hybridized carbons (Fsp3) is 0.353. The van der Waals surface area contributed by atoms with Crippen molar-refractivity contribution in [3.63, 3.8) is 0 Å². The average Bonchev–Trinajstić information content (AvgIpc) is 3.18. The quantitative estimate of drug-likeness (QED) is 0.902. The van der Waals surface area contributed by atoms with E-state index in [-0.39, 0.29) is 24.2 Å². The van der Waals surface area contributed by atoms with Crippen LogP contribution in [0.2, 0.25) is 0 Å². The molecular formula is C17H19N3O4. The summed E-state index contributed by atoms with van der Waals surface area (Å²) >= 11 is 0. The molecule has 1 N–H and O–H groups in total. The summed E-state index contributed by atoms with van der Waals surface area (Å²) in [4.78, 5) is 25.9. The molecule has 1 atom stereocenters. The third kappa shape index (κ3) is 3.40. The molecule has 1 saturated heterocycles. The van der Waals surface area contributed by atoms with Crippen molar-refractivity contribution in [3.05, 3.63) is 41.7 Å². The van der Waals surface area contributed by atoms with Gasteiger partial charge in [0.2, 0.25) is 11.8 Å². The summed E-state index contributed by atoms with van der Waals surface area (Å²) in [6, 6.07) is 9.16. The van der Waals surface area contributed by atoms with Crippen molar-refractivity contribution < 1.29 is 18.8 Å². The van der Waals surface area contributed by atoms with Gasteiger partial charge < -0.3 is 14.6 Å². The van der Waals surface area contributed by atoms with Crippen molar-refractivity contribution in [1.29, 1.82) is 0 Å². The molecule has 3 rings (SSSR count). The lowest BCUT2D eigenvalue weighted by Gasteiger charge is -2.13. The molecule has 0 spiro atoms. The molecule has 7 nitrogen and oxygen atoms in total. The number of amides is 2. The second-order valence-corrected chi connectivity index (χ2v) is 5.77. The Balaban J connectivity index is 1.56. The van der Waals surface area contributed by atoms with Crippen LogP contribution >= 0.6 is 0 Å². The Labute approximate surface area is 139 Å². The van der Waals surface area contributed by atoms with E-state index < -0.39 is 0 Å². The van der Waals surface area contributed by atoms with E-state index in [1.165, 1.54) is 4.90 Å². The number of hydrogen-bond acceptors (Lipinski definition) is 5. The topological polar surface area (TPSA) is 84.7 Å². The number of anilines is 1. The first-order valence-electron chi connectivity index (χ1n) is 7.71. The average molecular weight is 329 g/mol. The maximum Gasteiger partial charge on any atom is 0.229 e. The highest BCUT2D eigenvalue weighted by molar-refractivity contribution is 5.99. The summed E-state index contributed by atoms with van der Waals surface area (Å²) in [6.07, 6.45) is 0.181. The first-order chi connectivity index (χ1) is 11.6. The van der Waals surface area contributed by atoms with E-state index in [9.17, 15) is 9.59 Å². The van der Waals surface area contributed by atoms with Crippen LogP contribution in [0.25, 0.3) is 0 Å². The van der Waals surface area contributed by atoms with Crippen LogP contribution < -0.4 is 15.0 Å². The highest BCUT2D eigenvalue weighted by atomic mass is 16.5. The van der Waals surface area contributed by atoms with E-state index in [2.05, 4.69) is 10.5 Å². The summed E-state index contributed by atoms with van der Waals surface area (Å²) in [6.45, 7) is 2.49. The Morgan fingerprint density at radius 1 is 1.42 bits per heavy atom. The molecule has 1 aromatic carbocycles. The number of benzene rings is 1. The predicted octanol–water partition coefficient (Wildman–Crippen LogP) is 1.66. The molecule has 2 heterocycles. The number of aromatic nitrogens is 1. The van der Waals surface area contributed by atoms with Crippen LogP contribution in [-0.2, 0) is 16.1 Å². The number of aryl methyl sites for hydroxylation is 1. The minimum absolute atomic E-state index is 0.118. The minimum Gasteiger partial charge on any atom is -0.497 e. The number of carbonyl (C=O) groups is 2. The largest absolute Gasteiger partial charge is 0.497 e. The van der Waals surface area contributed by atoms with Crippen LogP contribution in [0, 0.1) is 12.8 Å². The zero-order chi connectivity index (χ0) is 17.1. The second-order valence-electron chi connectivity index (χ2n) is 5.77. The number of nitrogens with one attached hydrogen (secondary N) is 1. The standard InChI is InChI=1S/C17H19N3O4/c1-11-7-15(19-24-11)20-10-13(8-16(20)21)17(22)18-9-12-3-5-14(23-2)6-4-12/h3-7,13H,8-10H2,1-2H3,(H,18,22). The zero-order valence-electron chi connectivity index (χ0n) is 13.6. The summed E-state index contributed by atoms with van der Waals surface area (Å²) in [7, 11) is 1.61. The molecule has 1 fully saturated rings. The third-order valence-electron chi connectivity index (χ3n) is 4.01. The fourth-order valence-corrected chi connectivity index (χ4v) is 2.66. The Bertz CT molecular complexity index is 739. The first kappa shape index (κ1) is 16.0. The summed E-state index contributed by atoms with van der Waals surface area (Å²) < 4.78 is 10.1. The van der Waals surface area contributed by atoms with E-state index in [0.29, 0.717) is 24.7 Å². The Morgan fingerprint density at radius 3 is 2.79 bits per heavy atom. The second kappa shape index (κ2) is 6.74. The van der Waals surface area contributed by atoms with Gasteiger partial charge in [0.15, 0.2) is 5.82 Å². The fourth-order valence-electron chi connectivity index (χ4n) is 2.66. The van der Waals surface area contributed by atoms with Gasteiger partial charge in [-0.3, -0.25) is 14.5 Å². The lowest BCUT2D eigenvalue weighted by Crippen LogP contribution is -2.32. The van der Waals surface area contributed by atoms with Crippen LogP contribution in [0.15, 0.2) is 34.9 Å². The Hall–Kier alpha value is -2.83. The predicted molar refractivity (Wildman–Crippen MR) is 86.5 cm³/mol. The zero-order valence-corrected chi connectivity index (χ0v) is 13.6. The van der Waals surface area contributed by atoms with Crippen molar-refractivity contribution in [2.75, 3.05) is 18.6 Å². The number of hydrogen-bond donors (Lipinski definition) is 1. The van der Waals surface area contributed by atoms with Gasteiger partial charge in [-0.05, 0) is 24.6 Å². The van der Waals surface area contributed by atoms with Gasteiger partial charge in [0.05, 0.1) is 13.0 Å². The molecule has 1 unspecified atom stereocenters. The monoisotopic (exact) mass is 329 g/mol. The maximum atomic E-state index is 12.3. The van der Waals surface area contributed by atoms with Gasteiger partial charge in [-0.15, -0.1) is 0 Å². The van der Waals surface area contributed by atoms with Gasteiger partial charge in [-0.25, -0.2) is 0 Å². The van der Waals surface area contributed by atoms with Crippen molar-refractivity contribution >= 4 is 17.6 Å². The van der Waals surface area contributed by atoms with E-state index in [1.807, 2.05) is 24.3 Å². The molecule has 0 saturated carbocycles. The molecular weight excluding hydrogens is 310 g/mol. The molecule has 1 aliphatic rings. The molecule has 0 bridgehead atoms. The van der Waals surface area contributed by atoms with Crippen LogP contribution in [0.3, 0.4) is 0 Å². The molecule has 1 aliphatic heterocycles. The molecule has 0 radical (unpaired) electrons. The van der Waals surface area contributed by atoms with Crippen LogP contribution in [0.5, 0.6) is 5.75 Å². The molecule has 24 heavy (non-hydrogen) atoms. The number of rotatable bonds is 5. The van der Waals surface area contributed by atoms with Gasteiger partial charge in [0.25, 0.3) is 0 Å². The van der Waals surface area contributed by atoms with E-state index >= 15 is 0 Å². The number of carbonyl (C=O) groups excluding carboxylic acids is 2. The lowest BCUT2D eigenvalue weighted by atomic mass is 10.1. The molecule has 0 aliphatic carbocycles. The van der Waals surface area contributed by atoms with Gasteiger partial charge in [-0.2, -0.15) is 0 Å². The van der Waals surface area contributed by atoms with Gasteiger partial charge >= 0.3 is 0 Å². The van der Waals surface area contributed by atoms with Crippen molar-refractivity contribution in [2.45, 2.75) is 19.9 Å². The first-order valence-corrected chi connectivity index (χ1v) is 7.71. The molecule has 7 heteroatoms. The van der Waals surface area contributed by atoms with E-state index in [1.54, 1.807) is 20.1 Å². The highest BCUT2D eigenvalue weighted by Crippen LogP contribution is 2.24. The SMILES string of the molecule is COc1ccc(CNC(=O)C2CC(=O)N(c3cc(C)on3)C2)cc1. The van der Waals surface area contributed by atoms with Crippen LogP contribution in [0.1, 0.15) is 17.7 Å². The third-order valence-corrected chi connectivity index (χ3v) is 4.01. The smallest absolute Gasteiger partial charge is 0.229 e.